The molecule has 2 atom stereocenters. The van der Waals surface area contributed by atoms with Gasteiger partial charge < -0.3 is 26.0 Å². The zero-order valence-electron chi connectivity index (χ0n) is 25.3. The highest BCUT2D eigenvalue weighted by atomic mass is 32.1. The average molecular weight is 616 g/mol. The lowest BCUT2D eigenvalue weighted by Crippen LogP contribution is -2.32. The third-order valence-electron chi connectivity index (χ3n) is 9.86. The quantitative estimate of drug-likeness (QED) is 0.332. The van der Waals surface area contributed by atoms with Gasteiger partial charge in [0.05, 0.1) is 5.69 Å². The molecule has 1 amide bonds. The third-order valence-corrected chi connectivity index (χ3v) is 11.0. The van der Waals surface area contributed by atoms with Crippen molar-refractivity contribution in [3.05, 3.63) is 51.9 Å². The summed E-state index contributed by atoms with van der Waals surface area (Å²) in [4.78, 5) is 28.0. The monoisotopic (exact) mass is 615 g/mol. The summed E-state index contributed by atoms with van der Waals surface area (Å²) in [6.45, 7) is 3.08. The van der Waals surface area contributed by atoms with Crippen molar-refractivity contribution in [2.75, 3.05) is 44.8 Å². The van der Waals surface area contributed by atoms with Gasteiger partial charge in [-0.3, -0.25) is 10.2 Å². The Labute approximate surface area is 261 Å². The smallest absolute Gasteiger partial charge is 0.274 e. The molecule has 1 spiro atoms. The van der Waals surface area contributed by atoms with E-state index in [0.29, 0.717) is 40.7 Å². The van der Waals surface area contributed by atoms with Gasteiger partial charge in [-0.15, -0.1) is 11.3 Å². The van der Waals surface area contributed by atoms with Crippen molar-refractivity contribution in [1.29, 1.82) is 5.41 Å². The van der Waals surface area contributed by atoms with E-state index >= 15 is 0 Å². The molecular weight excluding hydrogens is 574 g/mol. The SMILES string of the molecule is CN1CCC[C@H]1COc1cc(-n2ccc(C(=O)N3CCCC3)n2)nc(C(=N)C2=C[C@@]3(CCC2)CCCc2sc(N)c(N)c23)n1. The van der Waals surface area contributed by atoms with Gasteiger partial charge in [-0.2, -0.15) is 10.1 Å². The molecular formula is C32H41N9O2S. The van der Waals surface area contributed by atoms with Crippen molar-refractivity contribution in [3.8, 4) is 11.7 Å². The zero-order chi connectivity index (χ0) is 30.4. The lowest BCUT2D eigenvalue weighted by Gasteiger charge is -2.39. The molecule has 0 bridgehead atoms. The molecule has 2 aliphatic heterocycles. The number of aryl methyl sites for hydroxylation is 1. The van der Waals surface area contributed by atoms with Crippen LogP contribution in [-0.2, 0) is 11.8 Å². The Kier molecular flexibility index (Phi) is 7.65. The number of aromatic nitrogens is 4. The molecule has 2 aliphatic carbocycles. The van der Waals surface area contributed by atoms with Crippen LogP contribution in [-0.4, -0.2) is 80.5 Å². The van der Waals surface area contributed by atoms with E-state index in [2.05, 4.69) is 23.1 Å². The van der Waals surface area contributed by atoms with Crippen LogP contribution >= 0.6 is 11.3 Å². The first-order valence-corrected chi connectivity index (χ1v) is 16.7. The second-order valence-electron chi connectivity index (χ2n) is 12.7. The normalized spacial score (nSPS) is 23.6. The topological polar surface area (TPSA) is 152 Å². The minimum atomic E-state index is -0.220. The molecule has 3 aromatic rings. The number of nitrogens with two attached hydrogens (primary N) is 2. The van der Waals surface area contributed by atoms with E-state index in [1.54, 1.807) is 34.3 Å². The van der Waals surface area contributed by atoms with Gasteiger partial charge in [-0.25, -0.2) is 9.67 Å². The Morgan fingerprint density at radius 3 is 2.68 bits per heavy atom. The summed E-state index contributed by atoms with van der Waals surface area (Å²) in [6.07, 6.45) is 14.0. The van der Waals surface area contributed by atoms with Gasteiger partial charge in [0.2, 0.25) is 5.88 Å². The van der Waals surface area contributed by atoms with E-state index in [1.165, 1.54) is 10.4 Å². The largest absolute Gasteiger partial charge is 0.476 e. The molecule has 11 nitrogen and oxygen atoms in total. The van der Waals surface area contributed by atoms with Crippen molar-refractivity contribution in [1.82, 2.24) is 29.5 Å². The van der Waals surface area contributed by atoms with Crippen molar-refractivity contribution in [3.63, 3.8) is 0 Å². The standard InChI is InChI=1S/C32H41N9O2S/c1-39-13-6-8-21(39)19-43-25-17-24(41-16-10-22(38-41)31(42)40-14-2-3-15-40)36-30(37-25)27(33)20-7-4-11-32(18-20)12-5-9-23-26(32)28(34)29(35)44-23/h10,16-18,21,33H,2-9,11-15,19,34-35H2,1H3/t21-,32+/m0/s1. The van der Waals surface area contributed by atoms with Crippen LogP contribution in [0.4, 0.5) is 10.7 Å². The number of ether oxygens (including phenoxy) is 1. The number of nitrogen functional groups attached to an aromatic ring is 2. The Balaban J connectivity index is 1.23. The summed E-state index contributed by atoms with van der Waals surface area (Å²) in [5.41, 5.74) is 16.1. The van der Waals surface area contributed by atoms with Crippen molar-refractivity contribution < 1.29 is 9.53 Å². The van der Waals surface area contributed by atoms with Crippen LogP contribution in [0.3, 0.4) is 0 Å². The molecule has 7 rings (SSSR count). The molecule has 0 radical (unpaired) electrons. The third kappa shape index (κ3) is 5.27. The van der Waals surface area contributed by atoms with Crippen LogP contribution in [0.1, 0.15) is 84.5 Å². The summed E-state index contributed by atoms with van der Waals surface area (Å²) in [7, 11) is 2.12. The number of fused-ring (bicyclic) bond motifs is 2. The number of amides is 1. The zero-order valence-corrected chi connectivity index (χ0v) is 26.2. The molecule has 5 N–H and O–H groups in total. The number of allylic oxidation sites excluding steroid dienone is 2. The fourth-order valence-electron chi connectivity index (χ4n) is 7.47. The molecule has 2 fully saturated rings. The van der Waals surface area contributed by atoms with Crippen LogP contribution in [0.15, 0.2) is 30.0 Å². The van der Waals surface area contributed by atoms with Gasteiger partial charge in [0, 0.05) is 47.3 Å². The van der Waals surface area contributed by atoms with Gasteiger partial charge in [0.15, 0.2) is 17.3 Å². The van der Waals surface area contributed by atoms with Crippen LogP contribution in [0.25, 0.3) is 5.82 Å². The second-order valence-corrected chi connectivity index (χ2v) is 13.8. The van der Waals surface area contributed by atoms with E-state index in [0.717, 1.165) is 89.4 Å². The summed E-state index contributed by atoms with van der Waals surface area (Å²) >= 11 is 1.61. The maximum atomic E-state index is 13.0. The lowest BCUT2D eigenvalue weighted by atomic mass is 9.65. The first-order valence-electron chi connectivity index (χ1n) is 15.9. The Hall–Kier alpha value is -3.77. The van der Waals surface area contributed by atoms with Crippen LogP contribution in [0.2, 0.25) is 0 Å². The molecule has 232 valence electrons. The fraction of sp³-hybridized carbons (Fsp3) is 0.531. The maximum absolute atomic E-state index is 13.0. The highest BCUT2D eigenvalue weighted by molar-refractivity contribution is 7.16. The molecule has 2 saturated heterocycles. The van der Waals surface area contributed by atoms with Crippen LogP contribution < -0.4 is 16.2 Å². The summed E-state index contributed by atoms with van der Waals surface area (Å²) in [5, 5.41) is 14.6. The van der Waals surface area contributed by atoms with Crippen LogP contribution in [0, 0.1) is 5.41 Å². The molecule has 3 aromatic heterocycles. The number of hydrogen-bond donors (Lipinski definition) is 3. The van der Waals surface area contributed by atoms with Gasteiger partial charge in [-0.05, 0) is 89.4 Å². The van der Waals surface area contributed by atoms with Crippen LogP contribution in [0.5, 0.6) is 5.88 Å². The molecule has 0 unspecified atom stereocenters. The second kappa shape index (κ2) is 11.6. The number of anilines is 2. The fourth-order valence-corrected chi connectivity index (χ4v) is 8.61. The predicted molar refractivity (Wildman–Crippen MR) is 172 cm³/mol. The number of nitrogens with one attached hydrogen (secondary N) is 1. The van der Waals surface area contributed by atoms with E-state index < -0.39 is 0 Å². The Morgan fingerprint density at radius 1 is 1.11 bits per heavy atom. The highest BCUT2D eigenvalue weighted by Crippen LogP contribution is 2.52. The van der Waals surface area contributed by atoms with Gasteiger partial charge in [0.25, 0.3) is 5.91 Å². The number of rotatable bonds is 7. The highest BCUT2D eigenvalue weighted by Gasteiger charge is 2.41. The summed E-state index contributed by atoms with van der Waals surface area (Å²) in [6, 6.07) is 3.80. The maximum Gasteiger partial charge on any atom is 0.274 e. The van der Waals surface area contributed by atoms with Gasteiger partial charge in [0.1, 0.15) is 17.3 Å². The lowest BCUT2D eigenvalue weighted by molar-refractivity contribution is 0.0786. The minimum absolute atomic E-state index is 0.0677. The predicted octanol–water partition coefficient (Wildman–Crippen LogP) is 4.35. The molecule has 4 aliphatic rings. The molecule has 5 heterocycles. The average Bonchev–Trinajstić information content (AvgIpc) is 3.85. The number of carbonyl (C=O) groups excluding carboxylic acids is 1. The molecule has 44 heavy (non-hydrogen) atoms. The van der Waals surface area contributed by atoms with E-state index in [-0.39, 0.29) is 22.9 Å². The van der Waals surface area contributed by atoms with Crippen molar-refractivity contribution in [2.45, 2.75) is 75.7 Å². The number of likely N-dealkylation sites (tertiary alicyclic amines) is 2. The number of likely N-dealkylation sites (N-methyl/N-ethyl adjacent to an activating group) is 1. The first-order chi connectivity index (χ1) is 21.3. The number of carbonyl (C=O) groups is 1. The summed E-state index contributed by atoms with van der Waals surface area (Å²) in [5.74, 6) is 1.09. The first kappa shape index (κ1) is 29.0. The van der Waals surface area contributed by atoms with Crippen molar-refractivity contribution >= 4 is 33.6 Å². The molecule has 0 aromatic carbocycles. The van der Waals surface area contributed by atoms with Gasteiger partial charge in [-0.1, -0.05) is 6.08 Å². The minimum Gasteiger partial charge on any atom is -0.476 e. The van der Waals surface area contributed by atoms with Crippen molar-refractivity contribution in [2.24, 2.45) is 0 Å². The summed E-state index contributed by atoms with van der Waals surface area (Å²) < 4.78 is 7.85. The van der Waals surface area contributed by atoms with Gasteiger partial charge >= 0.3 is 0 Å². The molecule has 12 heteroatoms. The number of nitrogens with zero attached hydrogens (tertiary/aromatic N) is 6. The Bertz CT molecular complexity index is 1620. The number of hydrogen-bond acceptors (Lipinski definition) is 10. The Morgan fingerprint density at radius 2 is 1.91 bits per heavy atom. The number of thiophene rings is 1. The molecule has 0 saturated carbocycles. The van der Waals surface area contributed by atoms with E-state index in [9.17, 15) is 10.2 Å². The van der Waals surface area contributed by atoms with E-state index in [4.69, 9.17) is 26.2 Å². The van der Waals surface area contributed by atoms with E-state index in [1.807, 2.05) is 4.90 Å².